The maximum atomic E-state index is 12.7. The van der Waals surface area contributed by atoms with Gasteiger partial charge in [0.15, 0.2) is 5.82 Å². The number of morpholine rings is 1. The van der Waals surface area contributed by atoms with Crippen LogP contribution in [-0.4, -0.2) is 70.1 Å². The minimum Gasteiger partial charge on any atom is -0.366 e. The second-order valence-electron chi connectivity index (χ2n) is 6.14. The van der Waals surface area contributed by atoms with E-state index in [2.05, 4.69) is 15.2 Å². The lowest BCUT2D eigenvalue weighted by atomic mass is 9.94. The average Bonchev–Trinajstić information content (AvgIpc) is 3.06. The normalized spacial score (nSPS) is 25.7. The number of ether oxygens (including phenoxy) is 1. The molecule has 0 aliphatic carbocycles. The minimum atomic E-state index is -0.300. The van der Waals surface area contributed by atoms with E-state index in [0.29, 0.717) is 38.5 Å². The molecule has 2 atom stereocenters. The second kappa shape index (κ2) is 6.66. The summed E-state index contributed by atoms with van der Waals surface area (Å²) in [6, 6.07) is 0. The monoisotopic (exact) mass is 321 g/mol. The van der Waals surface area contributed by atoms with Gasteiger partial charge in [-0.1, -0.05) is 6.92 Å². The molecule has 0 bridgehead atoms. The Hall–Kier alpha value is -1.96. The largest absolute Gasteiger partial charge is 0.366 e. The Bertz CT molecular complexity index is 587. The number of piperidine rings is 1. The van der Waals surface area contributed by atoms with Crippen molar-refractivity contribution in [3.63, 3.8) is 0 Å². The number of aromatic nitrogens is 3. The van der Waals surface area contributed by atoms with Crippen molar-refractivity contribution in [2.75, 3.05) is 33.3 Å². The summed E-state index contributed by atoms with van der Waals surface area (Å²) in [6.45, 7) is 4.11. The predicted octanol–water partition coefficient (Wildman–Crippen LogP) is 0.135. The molecule has 0 aromatic carbocycles. The molecular formula is C15H23N5O3. The molecular weight excluding hydrogens is 298 g/mol. The molecule has 0 spiro atoms. The quantitative estimate of drug-likeness (QED) is 0.855. The van der Waals surface area contributed by atoms with E-state index >= 15 is 0 Å². The molecule has 23 heavy (non-hydrogen) atoms. The molecule has 3 rings (SSSR count). The highest BCUT2D eigenvalue weighted by Crippen LogP contribution is 2.24. The first-order valence-electron chi connectivity index (χ1n) is 8.14. The highest BCUT2D eigenvalue weighted by Gasteiger charge is 2.35. The summed E-state index contributed by atoms with van der Waals surface area (Å²) in [5.41, 5.74) is 0. The maximum absolute atomic E-state index is 12.7. The van der Waals surface area contributed by atoms with E-state index < -0.39 is 0 Å². The van der Waals surface area contributed by atoms with Crippen molar-refractivity contribution in [1.82, 2.24) is 25.0 Å². The van der Waals surface area contributed by atoms with Gasteiger partial charge in [-0.3, -0.25) is 14.7 Å². The van der Waals surface area contributed by atoms with Gasteiger partial charge in [0.05, 0.1) is 13.2 Å². The van der Waals surface area contributed by atoms with Crippen LogP contribution < -0.4 is 0 Å². The zero-order chi connectivity index (χ0) is 16.4. The number of likely N-dealkylation sites (tertiary alicyclic amines) is 1. The summed E-state index contributed by atoms with van der Waals surface area (Å²) < 4.78 is 5.71. The average molecular weight is 321 g/mol. The number of rotatable bonds is 3. The van der Waals surface area contributed by atoms with Crippen molar-refractivity contribution in [3.05, 3.63) is 11.6 Å². The molecule has 2 fully saturated rings. The standard InChI is InChI=1S/C15H23N5O3/c1-3-12-16-14(18-17-12)11-9-20(6-7-23-11)15(22)10-4-5-19(2)13(21)8-10/h10-11H,3-9H2,1-2H3,(H,16,17,18)/t10-,11+/m0/s1. The van der Waals surface area contributed by atoms with Crippen LogP contribution in [0.5, 0.6) is 0 Å². The summed E-state index contributed by atoms with van der Waals surface area (Å²) in [5, 5.41) is 7.06. The van der Waals surface area contributed by atoms with Crippen LogP contribution >= 0.6 is 0 Å². The molecule has 2 aliphatic heterocycles. The first kappa shape index (κ1) is 15.9. The van der Waals surface area contributed by atoms with Crippen LogP contribution in [-0.2, 0) is 20.7 Å². The molecule has 0 radical (unpaired) electrons. The van der Waals surface area contributed by atoms with Gasteiger partial charge >= 0.3 is 0 Å². The van der Waals surface area contributed by atoms with Crippen LogP contribution in [0, 0.1) is 5.92 Å². The van der Waals surface area contributed by atoms with Gasteiger partial charge in [-0.25, -0.2) is 4.98 Å². The van der Waals surface area contributed by atoms with Gasteiger partial charge in [0.2, 0.25) is 11.8 Å². The van der Waals surface area contributed by atoms with Crippen molar-refractivity contribution < 1.29 is 14.3 Å². The minimum absolute atomic E-state index is 0.0426. The number of H-pyrrole nitrogens is 1. The fourth-order valence-electron chi connectivity index (χ4n) is 3.03. The Balaban J connectivity index is 1.63. The molecule has 0 unspecified atom stereocenters. The van der Waals surface area contributed by atoms with Crippen LogP contribution in [0.15, 0.2) is 0 Å². The molecule has 2 amide bonds. The van der Waals surface area contributed by atoms with Gasteiger partial charge in [0.25, 0.3) is 0 Å². The Labute approximate surface area is 135 Å². The van der Waals surface area contributed by atoms with Crippen molar-refractivity contribution in [1.29, 1.82) is 0 Å². The fraction of sp³-hybridized carbons (Fsp3) is 0.733. The summed E-state index contributed by atoms with van der Waals surface area (Å²) in [4.78, 5) is 32.4. The second-order valence-corrected chi connectivity index (χ2v) is 6.14. The summed E-state index contributed by atoms with van der Waals surface area (Å²) in [6.07, 6.45) is 1.51. The van der Waals surface area contributed by atoms with Gasteiger partial charge in [0.1, 0.15) is 11.9 Å². The Morgan fingerprint density at radius 1 is 1.43 bits per heavy atom. The van der Waals surface area contributed by atoms with Crippen LogP contribution in [0.3, 0.4) is 0 Å². The molecule has 1 aromatic rings. The molecule has 126 valence electrons. The third-order valence-corrected chi connectivity index (χ3v) is 4.56. The molecule has 1 aromatic heterocycles. The van der Waals surface area contributed by atoms with E-state index in [4.69, 9.17) is 4.74 Å². The molecule has 2 aliphatic rings. The van der Waals surface area contributed by atoms with Gasteiger partial charge in [-0.2, -0.15) is 5.10 Å². The lowest BCUT2D eigenvalue weighted by molar-refractivity contribution is -0.149. The van der Waals surface area contributed by atoms with E-state index in [-0.39, 0.29) is 23.8 Å². The highest BCUT2D eigenvalue weighted by molar-refractivity contribution is 5.87. The predicted molar refractivity (Wildman–Crippen MR) is 81.4 cm³/mol. The summed E-state index contributed by atoms with van der Waals surface area (Å²) in [5.74, 6) is 1.29. The van der Waals surface area contributed by atoms with Gasteiger partial charge in [0, 0.05) is 38.9 Å². The first-order chi connectivity index (χ1) is 11.1. The van der Waals surface area contributed by atoms with Gasteiger partial charge in [-0.15, -0.1) is 0 Å². The zero-order valence-corrected chi connectivity index (χ0v) is 13.6. The number of carbonyl (C=O) groups is 2. The maximum Gasteiger partial charge on any atom is 0.226 e. The number of nitrogens with one attached hydrogen (secondary N) is 1. The zero-order valence-electron chi connectivity index (χ0n) is 13.6. The Morgan fingerprint density at radius 2 is 2.26 bits per heavy atom. The number of aryl methyl sites for hydroxylation is 1. The van der Waals surface area contributed by atoms with E-state index in [1.54, 1.807) is 16.8 Å². The number of aromatic amines is 1. The topological polar surface area (TPSA) is 91.4 Å². The number of carbonyl (C=O) groups excluding carboxylic acids is 2. The molecule has 3 heterocycles. The third-order valence-electron chi connectivity index (χ3n) is 4.56. The van der Waals surface area contributed by atoms with Gasteiger partial charge < -0.3 is 14.5 Å². The summed E-state index contributed by atoms with van der Waals surface area (Å²) >= 11 is 0. The van der Waals surface area contributed by atoms with Crippen LogP contribution in [0.25, 0.3) is 0 Å². The van der Waals surface area contributed by atoms with Crippen molar-refractivity contribution >= 4 is 11.8 Å². The van der Waals surface area contributed by atoms with E-state index in [0.717, 1.165) is 18.7 Å². The number of amides is 2. The fourth-order valence-corrected chi connectivity index (χ4v) is 3.03. The lowest BCUT2D eigenvalue weighted by Gasteiger charge is -2.36. The number of nitrogens with zero attached hydrogens (tertiary/aromatic N) is 4. The molecule has 8 heteroatoms. The summed E-state index contributed by atoms with van der Waals surface area (Å²) in [7, 11) is 1.78. The van der Waals surface area contributed by atoms with Crippen LogP contribution in [0.2, 0.25) is 0 Å². The Morgan fingerprint density at radius 3 is 2.96 bits per heavy atom. The SMILES string of the molecule is CCc1nc([C@H]2CN(C(=O)[C@H]3CCN(C)C(=O)C3)CCO2)n[nH]1. The van der Waals surface area contributed by atoms with Crippen molar-refractivity contribution in [2.24, 2.45) is 5.92 Å². The molecule has 2 saturated heterocycles. The number of hydrogen-bond acceptors (Lipinski definition) is 5. The van der Waals surface area contributed by atoms with Crippen molar-refractivity contribution in [3.8, 4) is 0 Å². The third kappa shape index (κ3) is 3.36. The smallest absolute Gasteiger partial charge is 0.226 e. The van der Waals surface area contributed by atoms with E-state index in [1.807, 2.05) is 6.92 Å². The molecule has 0 saturated carbocycles. The van der Waals surface area contributed by atoms with Crippen molar-refractivity contribution in [2.45, 2.75) is 32.3 Å². The number of hydrogen-bond donors (Lipinski definition) is 1. The molecule has 8 nitrogen and oxygen atoms in total. The van der Waals surface area contributed by atoms with E-state index in [1.165, 1.54) is 0 Å². The molecule has 1 N–H and O–H groups in total. The lowest BCUT2D eigenvalue weighted by Crippen LogP contribution is -2.48. The van der Waals surface area contributed by atoms with Crippen LogP contribution in [0.1, 0.15) is 37.5 Å². The van der Waals surface area contributed by atoms with E-state index in [9.17, 15) is 9.59 Å². The highest BCUT2D eigenvalue weighted by atomic mass is 16.5. The first-order valence-corrected chi connectivity index (χ1v) is 8.14. The van der Waals surface area contributed by atoms with Crippen LogP contribution in [0.4, 0.5) is 0 Å². The Kier molecular flexibility index (Phi) is 4.61. The van der Waals surface area contributed by atoms with Gasteiger partial charge in [-0.05, 0) is 6.42 Å².